The summed E-state index contributed by atoms with van der Waals surface area (Å²) in [6.07, 6.45) is 1.57. The Morgan fingerprint density at radius 3 is 2.50 bits per heavy atom. The summed E-state index contributed by atoms with van der Waals surface area (Å²) in [4.78, 5) is 11.3. The Labute approximate surface area is 107 Å². The highest BCUT2D eigenvalue weighted by molar-refractivity contribution is 5.77. The number of hydrogen-bond acceptors (Lipinski definition) is 2. The van der Waals surface area contributed by atoms with Gasteiger partial charge in [0.2, 0.25) is 0 Å². The number of carbonyl (C=O) groups is 1. The highest BCUT2D eigenvalue weighted by Gasteiger charge is 2.33. The van der Waals surface area contributed by atoms with E-state index in [1.165, 1.54) is 0 Å². The van der Waals surface area contributed by atoms with Crippen molar-refractivity contribution in [1.29, 1.82) is 0 Å². The van der Waals surface area contributed by atoms with Crippen LogP contribution in [0.1, 0.15) is 55.2 Å². The van der Waals surface area contributed by atoms with Crippen molar-refractivity contribution < 1.29 is 15.0 Å². The first-order valence-electron chi connectivity index (χ1n) is 6.48. The summed E-state index contributed by atoms with van der Waals surface area (Å²) in [5.74, 6) is -0.176. The fourth-order valence-corrected chi connectivity index (χ4v) is 2.96. The van der Waals surface area contributed by atoms with Crippen LogP contribution in [0.25, 0.3) is 0 Å². The quantitative estimate of drug-likeness (QED) is 0.843. The van der Waals surface area contributed by atoms with Crippen LogP contribution in [0, 0.1) is 12.8 Å². The molecular formula is C15H20O3. The Morgan fingerprint density at radius 1 is 1.28 bits per heavy atom. The molecule has 0 amide bonds. The molecule has 1 aromatic rings. The van der Waals surface area contributed by atoms with Gasteiger partial charge < -0.3 is 10.2 Å². The number of rotatable bonds is 2. The van der Waals surface area contributed by atoms with E-state index in [1.807, 2.05) is 13.0 Å². The van der Waals surface area contributed by atoms with E-state index in [1.54, 1.807) is 6.07 Å². The lowest BCUT2D eigenvalue weighted by molar-refractivity contribution is -0.139. The van der Waals surface area contributed by atoms with Gasteiger partial charge in [0.1, 0.15) is 5.75 Å². The molecule has 0 radical (unpaired) electrons. The number of hydrogen-bond donors (Lipinski definition) is 2. The zero-order valence-electron chi connectivity index (χ0n) is 11.1. The number of phenolic OH excluding ortho intramolecular Hbond substituents is 1. The van der Waals surface area contributed by atoms with E-state index in [-0.39, 0.29) is 5.75 Å². The molecule has 0 fully saturated rings. The average Bonchev–Trinajstić information content (AvgIpc) is 2.28. The van der Waals surface area contributed by atoms with Gasteiger partial charge in [0, 0.05) is 0 Å². The molecule has 2 rings (SSSR count). The summed E-state index contributed by atoms with van der Waals surface area (Å²) < 4.78 is 0. The lowest BCUT2D eigenvalue weighted by Gasteiger charge is -2.32. The van der Waals surface area contributed by atoms with Crippen LogP contribution < -0.4 is 0 Å². The van der Waals surface area contributed by atoms with Gasteiger partial charge in [0.05, 0.1) is 5.92 Å². The molecule has 0 aliphatic heterocycles. The Morgan fingerprint density at radius 2 is 1.94 bits per heavy atom. The van der Waals surface area contributed by atoms with Gasteiger partial charge in [-0.05, 0) is 54.4 Å². The highest BCUT2D eigenvalue weighted by atomic mass is 16.4. The maximum Gasteiger partial charge on any atom is 0.310 e. The standard InChI is InChI=1S/C15H20O3/c1-8(2)10-4-5-11(15(17)18)13-7-14(16)9(3)6-12(10)13/h6-8,10-11,16H,4-5H2,1-3H3,(H,17,18)/t10-,11+/m0/s1. The molecule has 3 heteroatoms. The van der Waals surface area contributed by atoms with Crippen molar-refractivity contribution in [1.82, 2.24) is 0 Å². The van der Waals surface area contributed by atoms with Gasteiger partial charge >= 0.3 is 5.97 Å². The van der Waals surface area contributed by atoms with Crippen LogP contribution in [0.3, 0.4) is 0 Å². The molecule has 1 aliphatic rings. The van der Waals surface area contributed by atoms with Crippen LogP contribution in [0.2, 0.25) is 0 Å². The van der Waals surface area contributed by atoms with Gasteiger partial charge in [-0.2, -0.15) is 0 Å². The topological polar surface area (TPSA) is 57.5 Å². The average molecular weight is 248 g/mol. The third-order valence-corrected chi connectivity index (χ3v) is 4.05. The number of fused-ring (bicyclic) bond motifs is 1. The first kappa shape index (κ1) is 12.9. The zero-order chi connectivity index (χ0) is 13.4. The molecule has 0 bridgehead atoms. The van der Waals surface area contributed by atoms with E-state index < -0.39 is 11.9 Å². The molecule has 0 heterocycles. The van der Waals surface area contributed by atoms with Crippen molar-refractivity contribution in [3.8, 4) is 5.75 Å². The minimum atomic E-state index is -0.790. The number of aryl methyl sites for hydroxylation is 1. The van der Waals surface area contributed by atoms with Crippen molar-refractivity contribution >= 4 is 5.97 Å². The predicted octanol–water partition coefficient (Wildman–Crippen LogP) is 3.40. The molecular weight excluding hydrogens is 228 g/mol. The summed E-state index contributed by atoms with van der Waals surface area (Å²) in [6, 6.07) is 3.61. The van der Waals surface area contributed by atoms with Gasteiger partial charge in [0.15, 0.2) is 0 Å². The number of benzene rings is 1. The molecule has 1 aliphatic carbocycles. The first-order valence-corrected chi connectivity index (χ1v) is 6.48. The third-order valence-electron chi connectivity index (χ3n) is 4.05. The van der Waals surface area contributed by atoms with Crippen molar-refractivity contribution in [2.24, 2.45) is 5.92 Å². The van der Waals surface area contributed by atoms with E-state index in [0.29, 0.717) is 18.3 Å². The third kappa shape index (κ3) is 2.09. The Balaban J connectivity index is 2.56. The molecule has 0 spiro atoms. The number of carboxylic acid groups (broad SMARTS) is 1. The van der Waals surface area contributed by atoms with Crippen LogP contribution in [0.15, 0.2) is 12.1 Å². The number of carboxylic acids is 1. The number of aromatic hydroxyl groups is 1. The number of aliphatic carboxylic acids is 1. The molecule has 1 aromatic carbocycles. The second kappa shape index (κ2) is 4.63. The van der Waals surface area contributed by atoms with Gasteiger partial charge in [-0.1, -0.05) is 19.9 Å². The van der Waals surface area contributed by atoms with Crippen LogP contribution in [0.5, 0.6) is 5.75 Å². The molecule has 0 saturated heterocycles. The SMILES string of the molecule is Cc1cc2c(cc1O)[C@H](C(=O)O)CC[C@H]2C(C)C. The van der Waals surface area contributed by atoms with Crippen molar-refractivity contribution in [3.05, 3.63) is 28.8 Å². The lowest BCUT2D eigenvalue weighted by Crippen LogP contribution is -2.23. The molecule has 2 N–H and O–H groups in total. The van der Waals surface area contributed by atoms with Crippen LogP contribution in [0.4, 0.5) is 0 Å². The summed E-state index contributed by atoms with van der Waals surface area (Å²) in [7, 11) is 0. The Hall–Kier alpha value is -1.51. The molecule has 0 unspecified atom stereocenters. The van der Waals surface area contributed by atoms with E-state index in [2.05, 4.69) is 13.8 Å². The lowest BCUT2D eigenvalue weighted by atomic mass is 9.72. The minimum Gasteiger partial charge on any atom is -0.508 e. The predicted molar refractivity (Wildman–Crippen MR) is 70.0 cm³/mol. The van der Waals surface area contributed by atoms with E-state index in [9.17, 15) is 15.0 Å². The maximum atomic E-state index is 11.3. The minimum absolute atomic E-state index is 0.199. The van der Waals surface area contributed by atoms with Gasteiger partial charge in [0.25, 0.3) is 0 Å². The molecule has 0 saturated carbocycles. The molecule has 18 heavy (non-hydrogen) atoms. The van der Waals surface area contributed by atoms with Gasteiger partial charge in [-0.3, -0.25) is 4.79 Å². The van der Waals surface area contributed by atoms with E-state index >= 15 is 0 Å². The van der Waals surface area contributed by atoms with E-state index in [4.69, 9.17) is 0 Å². The first-order chi connectivity index (χ1) is 8.41. The normalized spacial score (nSPS) is 22.9. The Bertz CT molecular complexity index is 477. The van der Waals surface area contributed by atoms with Crippen LogP contribution in [-0.2, 0) is 4.79 Å². The van der Waals surface area contributed by atoms with Crippen molar-refractivity contribution in [2.75, 3.05) is 0 Å². The molecule has 2 atom stereocenters. The molecule has 98 valence electrons. The second-order valence-electron chi connectivity index (χ2n) is 5.59. The molecule has 0 aromatic heterocycles. The monoisotopic (exact) mass is 248 g/mol. The van der Waals surface area contributed by atoms with Gasteiger partial charge in [-0.15, -0.1) is 0 Å². The zero-order valence-corrected chi connectivity index (χ0v) is 11.1. The fraction of sp³-hybridized carbons (Fsp3) is 0.533. The largest absolute Gasteiger partial charge is 0.508 e. The highest BCUT2D eigenvalue weighted by Crippen LogP contribution is 2.44. The summed E-state index contributed by atoms with van der Waals surface area (Å²) in [5, 5.41) is 19.1. The Kier molecular flexibility index (Phi) is 3.33. The summed E-state index contributed by atoms with van der Waals surface area (Å²) in [5.41, 5.74) is 2.74. The van der Waals surface area contributed by atoms with E-state index in [0.717, 1.165) is 23.1 Å². The molecule has 3 nitrogen and oxygen atoms in total. The smallest absolute Gasteiger partial charge is 0.310 e. The van der Waals surface area contributed by atoms with Crippen LogP contribution in [-0.4, -0.2) is 16.2 Å². The number of phenols is 1. The van der Waals surface area contributed by atoms with Crippen molar-refractivity contribution in [2.45, 2.75) is 45.4 Å². The summed E-state index contributed by atoms with van der Waals surface area (Å²) in [6.45, 7) is 6.19. The second-order valence-corrected chi connectivity index (χ2v) is 5.59. The van der Waals surface area contributed by atoms with Gasteiger partial charge in [-0.25, -0.2) is 0 Å². The van der Waals surface area contributed by atoms with Crippen molar-refractivity contribution in [3.63, 3.8) is 0 Å². The maximum absolute atomic E-state index is 11.3. The fourth-order valence-electron chi connectivity index (χ4n) is 2.96. The summed E-state index contributed by atoms with van der Waals surface area (Å²) >= 11 is 0. The van der Waals surface area contributed by atoms with Crippen LogP contribution >= 0.6 is 0 Å².